The molecule has 26 heavy (non-hydrogen) atoms. The minimum atomic E-state index is 0.0242. The summed E-state index contributed by atoms with van der Waals surface area (Å²) in [4.78, 5) is 12.4. The molecule has 0 unspecified atom stereocenters. The average Bonchev–Trinajstić information content (AvgIpc) is 3.09. The molecule has 2 aromatic carbocycles. The molecule has 0 bridgehead atoms. The molecule has 1 heterocycles. The van der Waals surface area contributed by atoms with Crippen LogP contribution in [0.1, 0.15) is 17.3 Å². The molecule has 7 heteroatoms. The molecule has 3 rings (SSSR count). The fourth-order valence-electron chi connectivity index (χ4n) is 2.56. The summed E-state index contributed by atoms with van der Waals surface area (Å²) in [5.74, 6) is 1.78. The minimum Gasteiger partial charge on any atom is -0.496 e. The number of halogens is 1. The van der Waals surface area contributed by atoms with E-state index in [4.69, 9.17) is 16.3 Å². The number of ether oxygens (including phenoxy) is 1. The molecule has 0 aliphatic heterocycles. The maximum Gasteiger partial charge on any atom is 0.191 e. The first-order valence-corrected chi connectivity index (χ1v) is 9.48. The zero-order valence-electron chi connectivity index (χ0n) is 14.5. The first-order chi connectivity index (χ1) is 12.6. The van der Waals surface area contributed by atoms with Crippen molar-refractivity contribution >= 4 is 29.1 Å². The molecule has 0 saturated heterocycles. The highest BCUT2D eigenvalue weighted by atomic mass is 35.5. The molecule has 0 amide bonds. The highest BCUT2D eigenvalue weighted by molar-refractivity contribution is 7.99. The molecule has 5 nitrogen and oxygen atoms in total. The third-order valence-electron chi connectivity index (χ3n) is 3.88. The quantitative estimate of drug-likeness (QED) is 0.438. The van der Waals surface area contributed by atoms with E-state index in [0.717, 1.165) is 17.1 Å². The van der Waals surface area contributed by atoms with Gasteiger partial charge in [-0.25, -0.2) is 0 Å². The number of Topliss-reactive ketones (excluding diaryl/α,β-unsaturated/α-hetero) is 1. The molecule has 134 valence electrons. The van der Waals surface area contributed by atoms with Gasteiger partial charge in [0.2, 0.25) is 0 Å². The van der Waals surface area contributed by atoms with Crippen LogP contribution in [-0.4, -0.2) is 33.4 Å². The maximum atomic E-state index is 12.4. The lowest BCUT2D eigenvalue weighted by atomic mass is 10.1. The van der Waals surface area contributed by atoms with Crippen LogP contribution in [0.4, 0.5) is 0 Å². The Morgan fingerprint density at radius 2 is 1.88 bits per heavy atom. The van der Waals surface area contributed by atoms with Crippen LogP contribution in [0.5, 0.6) is 5.75 Å². The molecule has 0 fully saturated rings. The second-order valence-corrected chi connectivity index (χ2v) is 6.85. The molecule has 0 aliphatic rings. The predicted molar refractivity (Wildman–Crippen MR) is 104 cm³/mol. The molecular formula is C19H18ClN3O2S. The molecule has 0 atom stereocenters. The molecule has 0 radical (unpaired) electrons. The van der Waals surface area contributed by atoms with Crippen molar-refractivity contribution in [1.29, 1.82) is 0 Å². The number of rotatable bonds is 7. The summed E-state index contributed by atoms with van der Waals surface area (Å²) in [7, 11) is 1.63. The van der Waals surface area contributed by atoms with Gasteiger partial charge < -0.3 is 9.30 Å². The Morgan fingerprint density at radius 1 is 1.15 bits per heavy atom. The van der Waals surface area contributed by atoms with Gasteiger partial charge in [-0.05, 0) is 43.3 Å². The van der Waals surface area contributed by atoms with Gasteiger partial charge in [-0.2, -0.15) is 0 Å². The van der Waals surface area contributed by atoms with Crippen molar-refractivity contribution in [1.82, 2.24) is 14.8 Å². The third kappa shape index (κ3) is 3.92. The van der Waals surface area contributed by atoms with Gasteiger partial charge in [0.15, 0.2) is 16.8 Å². The van der Waals surface area contributed by atoms with E-state index in [1.165, 1.54) is 11.8 Å². The Kier molecular flexibility index (Phi) is 5.96. The predicted octanol–water partition coefficient (Wildman–Crippen LogP) is 4.60. The lowest BCUT2D eigenvalue weighted by Crippen LogP contribution is -2.05. The van der Waals surface area contributed by atoms with Crippen molar-refractivity contribution in [2.45, 2.75) is 18.6 Å². The van der Waals surface area contributed by atoms with Crippen LogP contribution in [0.25, 0.3) is 11.4 Å². The molecule has 3 aromatic rings. The Balaban J connectivity index is 1.80. The zero-order valence-corrected chi connectivity index (χ0v) is 16.0. The number of nitrogens with zero attached hydrogens (tertiary/aromatic N) is 3. The number of aromatic nitrogens is 3. The molecular weight excluding hydrogens is 370 g/mol. The average molecular weight is 388 g/mol. The van der Waals surface area contributed by atoms with E-state index in [1.807, 2.05) is 35.8 Å². The largest absolute Gasteiger partial charge is 0.496 e. The van der Waals surface area contributed by atoms with Gasteiger partial charge in [0.25, 0.3) is 0 Å². The summed E-state index contributed by atoms with van der Waals surface area (Å²) in [6.45, 7) is 2.71. The van der Waals surface area contributed by atoms with Gasteiger partial charge in [0, 0.05) is 17.1 Å². The van der Waals surface area contributed by atoms with E-state index < -0.39 is 0 Å². The number of methoxy groups -OCH3 is 1. The normalized spacial score (nSPS) is 10.7. The number of para-hydroxylation sites is 1. The molecule has 0 N–H and O–H groups in total. The van der Waals surface area contributed by atoms with Gasteiger partial charge in [-0.1, -0.05) is 35.5 Å². The number of carbonyl (C=O) groups excluding carboxylic acids is 1. The van der Waals surface area contributed by atoms with Crippen molar-refractivity contribution in [2.24, 2.45) is 0 Å². The fourth-order valence-corrected chi connectivity index (χ4v) is 3.58. The van der Waals surface area contributed by atoms with Gasteiger partial charge >= 0.3 is 0 Å². The van der Waals surface area contributed by atoms with Gasteiger partial charge in [0.1, 0.15) is 5.75 Å². The van der Waals surface area contributed by atoms with Crippen LogP contribution in [0, 0.1) is 0 Å². The van der Waals surface area contributed by atoms with Crippen LogP contribution in [0.2, 0.25) is 5.02 Å². The zero-order chi connectivity index (χ0) is 18.5. The second-order valence-electron chi connectivity index (χ2n) is 5.47. The Morgan fingerprint density at radius 3 is 2.58 bits per heavy atom. The van der Waals surface area contributed by atoms with E-state index >= 15 is 0 Å². The Labute approximate surface area is 161 Å². The van der Waals surface area contributed by atoms with E-state index in [2.05, 4.69) is 10.2 Å². The first kappa shape index (κ1) is 18.5. The molecule has 0 saturated carbocycles. The number of hydrogen-bond acceptors (Lipinski definition) is 5. The minimum absolute atomic E-state index is 0.0242. The SMILES string of the molecule is CCn1c(SCC(=O)c2ccc(Cl)cc2)nnc1-c1ccccc1OC. The smallest absolute Gasteiger partial charge is 0.191 e. The van der Waals surface area contributed by atoms with Crippen LogP contribution < -0.4 is 4.74 Å². The van der Waals surface area contributed by atoms with Crippen molar-refractivity contribution in [3.05, 3.63) is 59.1 Å². The third-order valence-corrected chi connectivity index (χ3v) is 5.10. The number of carbonyl (C=O) groups is 1. The summed E-state index contributed by atoms with van der Waals surface area (Å²) >= 11 is 7.24. The summed E-state index contributed by atoms with van der Waals surface area (Å²) in [6.07, 6.45) is 0. The summed E-state index contributed by atoms with van der Waals surface area (Å²) in [6, 6.07) is 14.6. The highest BCUT2D eigenvalue weighted by Gasteiger charge is 2.17. The van der Waals surface area contributed by atoms with Crippen molar-refractivity contribution < 1.29 is 9.53 Å². The van der Waals surface area contributed by atoms with E-state index in [-0.39, 0.29) is 11.5 Å². The lowest BCUT2D eigenvalue weighted by Gasteiger charge is -2.10. The van der Waals surface area contributed by atoms with Crippen LogP contribution in [-0.2, 0) is 6.54 Å². The van der Waals surface area contributed by atoms with E-state index in [1.54, 1.807) is 31.4 Å². The fraction of sp³-hybridized carbons (Fsp3) is 0.211. The standard InChI is InChI=1S/C19H18ClN3O2S/c1-3-23-18(15-6-4-5-7-17(15)25-2)21-22-19(23)26-12-16(24)13-8-10-14(20)11-9-13/h4-11H,3,12H2,1-2H3. The lowest BCUT2D eigenvalue weighted by molar-refractivity contribution is 0.102. The van der Waals surface area contributed by atoms with Crippen LogP contribution in [0.15, 0.2) is 53.7 Å². The van der Waals surface area contributed by atoms with Crippen molar-refractivity contribution in [3.8, 4) is 17.1 Å². The van der Waals surface area contributed by atoms with Gasteiger partial charge in [0.05, 0.1) is 18.4 Å². The Hall–Kier alpha value is -2.31. The summed E-state index contributed by atoms with van der Waals surface area (Å²) < 4.78 is 7.41. The number of thioether (sulfide) groups is 1. The molecule has 1 aromatic heterocycles. The van der Waals surface area contributed by atoms with E-state index in [0.29, 0.717) is 22.3 Å². The van der Waals surface area contributed by atoms with E-state index in [9.17, 15) is 4.79 Å². The van der Waals surface area contributed by atoms with Gasteiger partial charge in [-0.15, -0.1) is 10.2 Å². The molecule has 0 aliphatic carbocycles. The topological polar surface area (TPSA) is 57.0 Å². The van der Waals surface area contributed by atoms with Crippen molar-refractivity contribution in [2.75, 3.05) is 12.9 Å². The maximum absolute atomic E-state index is 12.4. The highest BCUT2D eigenvalue weighted by Crippen LogP contribution is 2.31. The summed E-state index contributed by atoms with van der Waals surface area (Å²) in [5, 5.41) is 9.89. The van der Waals surface area contributed by atoms with Crippen LogP contribution in [0.3, 0.4) is 0 Å². The number of ketones is 1. The number of benzene rings is 2. The second kappa shape index (κ2) is 8.38. The van der Waals surface area contributed by atoms with Crippen LogP contribution >= 0.6 is 23.4 Å². The first-order valence-electron chi connectivity index (χ1n) is 8.12. The molecule has 0 spiro atoms. The van der Waals surface area contributed by atoms with Crippen molar-refractivity contribution in [3.63, 3.8) is 0 Å². The number of hydrogen-bond donors (Lipinski definition) is 0. The Bertz CT molecular complexity index is 909. The van der Waals surface area contributed by atoms with Gasteiger partial charge in [-0.3, -0.25) is 4.79 Å². The summed E-state index contributed by atoms with van der Waals surface area (Å²) in [5.41, 5.74) is 1.51. The monoisotopic (exact) mass is 387 g/mol.